The topological polar surface area (TPSA) is 126 Å². The summed E-state index contributed by atoms with van der Waals surface area (Å²) in [5, 5.41) is 26.7. The third-order valence-corrected chi connectivity index (χ3v) is 4.32. The van der Waals surface area contributed by atoms with Crippen molar-refractivity contribution in [3.8, 4) is 11.4 Å². The average molecular weight is 394 g/mol. The molecule has 0 bridgehead atoms. The summed E-state index contributed by atoms with van der Waals surface area (Å²) < 4.78 is 0. The summed E-state index contributed by atoms with van der Waals surface area (Å²) in [6, 6.07) is 13.1. The van der Waals surface area contributed by atoms with E-state index in [9.17, 15) is 15.2 Å². The molecule has 1 atom stereocenters. The van der Waals surface area contributed by atoms with E-state index in [0.29, 0.717) is 28.8 Å². The summed E-state index contributed by atoms with van der Waals surface area (Å²) in [7, 11) is 0. The van der Waals surface area contributed by atoms with Crippen LogP contribution in [0.15, 0.2) is 54.7 Å². The lowest BCUT2D eigenvalue weighted by molar-refractivity contribution is -0.384. The number of hydrogen-bond acceptors (Lipinski definition) is 8. The van der Waals surface area contributed by atoms with Crippen molar-refractivity contribution in [3.63, 3.8) is 0 Å². The second-order valence-corrected chi connectivity index (χ2v) is 6.78. The zero-order valence-corrected chi connectivity index (χ0v) is 16.1. The number of pyridine rings is 1. The number of aromatic nitrogens is 3. The van der Waals surface area contributed by atoms with Crippen molar-refractivity contribution in [2.24, 2.45) is 5.92 Å². The third kappa shape index (κ3) is 5.23. The molecule has 0 saturated heterocycles. The molecule has 0 amide bonds. The highest BCUT2D eigenvalue weighted by molar-refractivity contribution is 5.65. The van der Waals surface area contributed by atoms with E-state index in [1.54, 1.807) is 24.4 Å². The number of nitrogens with zero attached hydrogens (tertiary/aromatic N) is 4. The van der Waals surface area contributed by atoms with Crippen LogP contribution >= 0.6 is 0 Å². The van der Waals surface area contributed by atoms with Crippen molar-refractivity contribution >= 4 is 23.1 Å². The van der Waals surface area contributed by atoms with Crippen LogP contribution in [0.5, 0.6) is 0 Å². The Hall–Kier alpha value is -3.59. The van der Waals surface area contributed by atoms with Gasteiger partial charge < -0.3 is 15.7 Å². The average Bonchev–Trinajstić information content (AvgIpc) is 2.72. The van der Waals surface area contributed by atoms with Gasteiger partial charge >= 0.3 is 0 Å². The molecule has 9 nitrogen and oxygen atoms in total. The van der Waals surface area contributed by atoms with Crippen LogP contribution in [-0.2, 0) is 0 Å². The molecule has 0 saturated carbocycles. The predicted octanol–water partition coefficient (Wildman–Crippen LogP) is 3.62. The van der Waals surface area contributed by atoms with Crippen LogP contribution in [0.3, 0.4) is 0 Å². The highest BCUT2D eigenvalue weighted by Crippen LogP contribution is 2.24. The minimum atomic E-state index is -0.448. The second-order valence-electron chi connectivity index (χ2n) is 6.78. The predicted molar refractivity (Wildman–Crippen MR) is 111 cm³/mol. The molecular formula is C20H22N6O3. The van der Waals surface area contributed by atoms with Gasteiger partial charge in [-0.25, -0.2) is 4.98 Å². The van der Waals surface area contributed by atoms with Crippen LogP contribution in [0, 0.1) is 16.0 Å². The van der Waals surface area contributed by atoms with E-state index >= 15 is 0 Å². The molecule has 0 radical (unpaired) electrons. The first-order valence-electron chi connectivity index (χ1n) is 9.15. The molecule has 2 heterocycles. The van der Waals surface area contributed by atoms with Gasteiger partial charge in [-0.1, -0.05) is 19.9 Å². The molecule has 2 aromatic heterocycles. The second kappa shape index (κ2) is 9.07. The van der Waals surface area contributed by atoms with Gasteiger partial charge in [-0.05, 0) is 30.2 Å². The molecule has 0 aliphatic rings. The summed E-state index contributed by atoms with van der Waals surface area (Å²) in [5.74, 6) is 1.02. The molecule has 9 heteroatoms. The summed E-state index contributed by atoms with van der Waals surface area (Å²) in [6.45, 7) is 3.93. The van der Waals surface area contributed by atoms with Gasteiger partial charge in [0.25, 0.3) is 5.69 Å². The van der Waals surface area contributed by atoms with Crippen molar-refractivity contribution in [3.05, 3.63) is 64.8 Å². The third-order valence-electron chi connectivity index (χ3n) is 4.32. The van der Waals surface area contributed by atoms with Gasteiger partial charge in [0.05, 0.1) is 29.0 Å². The Bertz CT molecular complexity index is 964. The molecule has 1 aromatic carbocycles. The van der Waals surface area contributed by atoms with Gasteiger partial charge in [-0.15, -0.1) is 0 Å². The Balaban J connectivity index is 1.94. The maximum absolute atomic E-state index is 10.8. The number of anilines is 3. The number of benzene rings is 1. The fourth-order valence-corrected chi connectivity index (χ4v) is 2.62. The molecular weight excluding hydrogens is 372 g/mol. The van der Waals surface area contributed by atoms with Crippen molar-refractivity contribution < 1.29 is 10.0 Å². The number of nitro benzene ring substituents is 1. The van der Waals surface area contributed by atoms with Crippen LogP contribution in [0.1, 0.15) is 13.8 Å². The van der Waals surface area contributed by atoms with E-state index < -0.39 is 4.92 Å². The number of rotatable bonds is 8. The maximum atomic E-state index is 10.8. The SMILES string of the molecule is CC(C)[C@@H](CO)Nc1nc(Nc2ccc([N+](=O)[O-])cc2)cc(-c2ccccn2)n1. The molecule has 29 heavy (non-hydrogen) atoms. The minimum absolute atomic E-state index is 0.0116. The number of nitro groups is 1. The van der Waals surface area contributed by atoms with Crippen molar-refractivity contribution in [1.29, 1.82) is 0 Å². The summed E-state index contributed by atoms with van der Waals surface area (Å²) >= 11 is 0. The smallest absolute Gasteiger partial charge is 0.269 e. The first-order chi connectivity index (χ1) is 14.0. The maximum Gasteiger partial charge on any atom is 0.269 e. The molecule has 150 valence electrons. The van der Waals surface area contributed by atoms with Crippen molar-refractivity contribution in [2.75, 3.05) is 17.2 Å². The standard InChI is InChI=1S/C20H22N6O3/c1-13(2)18(12-27)24-20-23-17(16-5-3-4-10-21-16)11-19(25-20)22-14-6-8-15(9-7-14)26(28)29/h3-11,13,18,27H,12H2,1-2H3,(H2,22,23,24,25)/t18-/m1/s1. The molecule has 0 aliphatic carbocycles. The first kappa shape index (κ1) is 20.2. The van der Waals surface area contributed by atoms with Crippen LogP contribution in [0.4, 0.5) is 23.1 Å². The lowest BCUT2D eigenvalue weighted by Gasteiger charge is -2.20. The minimum Gasteiger partial charge on any atom is -0.394 e. The number of hydrogen-bond donors (Lipinski definition) is 3. The summed E-state index contributed by atoms with van der Waals surface area (Å²) in [5.41, 5.74) is 1.94. The highest BCUT2D eigenvalue weighted by Gasteiger charge is 2.15. The molecule has 3 rings (SSSR count). The molecule has 3 N–H and O–H groups in total. The molecule has 0 fully saturated rings. The number of aliphatic hydroxyl groups is 1. The Morgan fingerprint density at radius 1 is 1.10 bits per heavy atom. The van der Waals surface area contributed by atoms with E-state index in [-0.39, 0.29) is 24.3 Å². The molecule has 0 aliphatic heterocycles. The number of aliphatic hydroxyl groups excluding tert-OH is 1. The van der Waals surface area contributed by atoms with Crippen LogP contribution < -0.4 is 10.6 Å². The van der Waals surface area contributed by atoms with Gasteiger partial charge in [0, 0.05) is 30.1 Å². The number of nitrogens with one attached hydrogen (secondary N) is 2. The normalized spacial score (nSPS) is 11.9. The monoisotopic (exact) mass is 394 g/mol. The first-order valence-corrected chi connectivity index (χ1v) is 9.15. The Kier molecular flexibility index (Phi) is 6.30. The van der Waals surface area contributed by atoms with Crippen molar-refractivity contribution in [2.45, 2.75) is 19.9 Å². The quantitative estimate of drug-likeness (QED) is 0.391. The van der Waals surface area contributed by atoms with E-state index in [0.717, 1.165) is 0 Å². The van der Waals surface area contributed by atoms with Gasteiger partial charge in [-0.3, -0.25) is 15.1 Å². The van der Waals surface area contributed by atoms with E-state index in [4.69, 9.17) is 0 Å². The molecule has 0 spiro atoms. The Morgan fingerprint density at radius 2 is 1.86 bits per heavy atom. The van der Waals surface area contributed by atoms with Crippen LogP contribution in [0.25, 0.3) is 11.4 Å². The summed E-state index contributed by atoms with van der Waals surface area (Å²) in [6.07, 6.45) is 1.68. The Morgan fingerprint density at radius 3 is 2.45 bits per heavy atom. The largest absolute Gasteiger partial charge is 0.394 e. The van der Waals surface area contributed by atoms with Gasteiger partial charge in [0.15, 0.2) is 0 Å². The number of non-ortho nitro benzene ring substituents is 1. The summed E-state index contributed by atoms with van der Waals surface area (Å²) in [4.78, 5) is 23.7. The molecule has 0 unspecified atom stereocenters. The van der Waals surface area contributed by atoms with E-state index in [2.05, 4.69) is 25.6 Å². The fourth-order valence-electron chi connectivity index (χ4n) is 2.62. The fraction of sp³-hybridized carbons (Fsp3) is 0.250. The van der Waals surface area contributed by atoms with Gasteiger partial charge in [-0.2, -0.15) is 4.98 Å². The van der Waals surface area contributed by atoms with Gasteiger partial charge in [0.2, 0.25) is 5.95 Å². The van der Waals surface area contributed by atoms with Crippen molar-refractivity contribution in [1.82, 2.24) is 15.0 Å². The van der Waals surface area contributed by atoms with Crippen LogP contribution in [0.2, 0.25) is 0 Å². The van der Waals surface area contributed by atoms with Gasteiger partial charge in [0.1, 0.15) is 5.82 Å². The van der Waals surface area contributed by atoms with E-state index in [1.165, 1.54) is 12.1 Å². The lowest BCUT2D eigenvalue weighted by atomic mass is 10.1. The zero-order valence-electron chi connectivity index (χ0n) is 16.1. The van der Waals surface area contributed by atoms with E-state index in [1.807, 2.05) is 32.0 Å². The molecule has 3 aromatic rings. The highest BCUT2D eigenvalue weighted by atomic mass is 16.6. The Labute approximate surface area is 168 Å². The zero-order chi connectivity index (χ0) is 20.8. The lowest BCUT2D eigenvalue weighted by Crippen LogP contribution is -2.30. The van der Waals surface area contributed by atoms with Crippen LogP contribution in [-0.4, -0.2) is 37.6 Å².